The van der Waals surface area contributed by atoms with Crippen LogP contribution in [-0.4, -0.2) is 0 Å². The molecule has 0 spiro atoms. The van der Waals surface area contributed by atoms with Gasteiger partial charge in [0.2, 0.25) is 11.6 Å². The second-order valence-corrected chi connectivity index (χ2v) is 7.62. The first-order valence-electron chi connectivity index (χ1n) is 10.0. The van der Waals surface area contributed by atoms with Gasteiger partial charge in [0.15, 0.2) is 84.4 Å². The van der Waals surface area contributed by atoms with Crippen LogP contribution in [0.3, 0.4) is 0 Å². The van der Waals surface area contributed by atoms with Crippen LogP contribution in [-0.2, 0) is 13.1 Å². The number of benzene rings is 2. The van der Waals surface area contributed by atoms with Crippen LogP contribution in [0, 0.1) is 58.2 Å². The van der Waals surface area contributed by atoms with Crippen LogP contribution in [0.5, 0.6) is 0 Å². The van der Waals surface area contributed by atoms with Crippen LogP contribution in [0.1, 0.15) is 11.1 Å². The molecule has 0 aliphatic rings. The fraction of sp³-hybridized carbons (Fsp3) is 0.0833. The fourth-order valence-electron chi connectivity index (χ4n) is 3.45. The van der Waals surface area contributed by atoms with Crippen molar-refractivity contribution in [2.45, 2.75) is 13.1 Å². The number of hydrogen-bond acceptors (Lipinski definition) is 0. The topological polar surface area (TPSA) is 7.76 Å². The van der Waals surface area contributed by atoms with E-state index in [1.54, 1.807) is 0 Å². The van der Waals surface area contributed by atoms with Gasteiger partial charge in [-0.2, -0.15) is 0 Å². The smallest absolute Gasteiger partial charge is 0.200 e. The molecule has 4 aromatic rings. The summed E-state index contributed by atoms with van der Waals surface area (Å²) >= 11 is 0. The van der Waals surface area contributed by atoms with Crippen LogP contribution in [0.4, 0.5) is 43.9 Å². The van der Waals surface area contributed by atoms with E-state index in [0.29, 0.717) is 11.1 Å². The van der Waals surface area contributed by atoms with E-state index in [4.69, 9.17) is 0 Å². The molecule has 0 saturated heterocycles. The molecule has 0 N–H and O–H groups in total. The van der Waals surface area contributed by atoms with E-state index in [9.17, 15) is 43.9 Å². The van der Waals surface area contributed by atoms with E-state index in [0.717, 1.165) is 0 Å². The first-order valence-corrected chi connectivity index (χ1v) is 10.0. The molecule has 0 atom stereocenters. The second kappa shape index (κ2) is 9.59. The molecule has 0 amide bonds. The Kier molecular flexibility index (Phi) is 6.70. The fourth-order valence-corrected chi connectivity index (χ4v) is 3.45. The predicted octanol–water partition coefficient (Wildman–Crippen LogP) is 5.42. The molecule has 2 aromatic carbocycles. The maximum atomic E-state index is 13.9. The van der Waals surface area contributed by atoms with E-state index in [-0.39, 0.29) is 0 Å². The summed E-state index contributed by atoms with van der Waals surface area (Å²) < 4.78 is 138. The van der Waals surface area contributed by atoms with Crippen molar-refractivity contribution in [2.75, 3.05) is 0 Å². The monoisotopic (exact) mass is 518 g/mol. The molecule has 2 aromatic heterocycles. The highest BCUT2D eigenvalue weighted by Gasteiger charge is 2.29. The van der Waals surface area contributed by atoms with Gasteiger partial charge in [-0.15, -0.1) is 0 Å². The summed E-state index contributed by atoms with van der Waals surface area (Å²) in [4.78, 5) is 0. The maximum Gasteiger partial charge on any atom is 0.200 e. The molecule has 0 aliphatic heterocycles. The molecule has 0 unspecified atom stereocenters. The van der Waals surface area contributed by atoms with Crippen molar-refractivity contribution < 1.29 is 53.0 Å². The van der Waals surface area contributed by atoms with E-state index >= 15 is 0 Å². The van der Waals surface area contributed by atoms with Gasteiger partial charge >= 0.3 is 0 Å². The van der Waals surface area contributed by atoms with Crippen molar-refractivity contribution in [1.82, 2.24) is 0 Å². The third-order valence-corrected chi connectivity index (χ3v) is 5.40. The van der Waals surface area contributed by atoms with Crippen molar-refractivity contribution in [2.24, 2.45) is 0 Å². The van der Waals surface area contributed by atoms with Crippen LogP contribution in [0.25, 0.3) is 11.1 Å². The van der Waals surface area contributed by atoms with Gasteiger partial charge in [-0.3, -0.25) is 0 Å². The van der Waals surface area contributed by atoms with Crippen molar-refractivity contribution >= 4 is 0 Å². The molecule has 36 heavy (non-hydrogen) atoms. The number of rotatable bonds is 5. The van der Waals surface area contributed by atoms with Crippen LogP contribution >= 0.6 is 0 Å². The Balaban J connectivity index is 1.54. The molecule has 0 bridgehead atoms. The molecule has 0 radical (unpaired) electrons. The van der Waals surface area contributed by atoms with Gasteiger partial charge in [-0.25, -0.2) is 53.0 Å². The SMILES string of the molecule is Fc1c(F)c(F)c(C[n+]2ccc(-c3cc[n+](Cc4c(F)c(F)c(F)c(F)c4F)cc3)cc2)c(F)c1F. The molecular formula is C24H12F10N2+2. The Labute approximate surface area is 196 Å². The zero-order valence-corrected chi connectivity index (χ0v) is 17.7. The van der Waals surface area contributed by atoms with E-state index < -0.39 is 82.4 Å². The lowest BCUT2D eigenvalue weighted by molar-refractivity contribution is -0.689. The lowest BCUT2D eigenvalue weighted by atomic mass is 10.1. The third-order valence-electron chi connectivity index (χ3n) is 5.40. The second-order valence-electron chi connectivity index (χ2n) is 7.62. The quantitative estimate of drug-likeness (QED) is 0.144. The Morgan fingerprint density at radius 2 is 0.583 bits per heavy atom. The summed E-state index contributed by atoms with van der Waals surface area (Å²) in [5.74, 6) is -20.5. The minimum absolute atomic E-state index is 0.534. The lowest BCUT2D eigenvalue weighted by Crippen LogP contribution is -2.35. The number of aromatic nitrogens is 2. The van der Waals surface area contributed by atoms with Crippen LogP contribution in [0.2, 0.25) is 0 Å². The summed E-state index contributed by atoms with van der Waals surface area (Å²) in [5.41, 5.74) is -0.963. The molecule has 186 valence electrons. The molecular weight excluding hydrogens is 506 g/mol. The molecule has 2 heterocycles. The minimum atomic E-state index is -2.25. The average Bonchev–Trinajstić information content (AvgIpc) is 2.89. The molecule has 0 fully saturated rings. The van der Waals surface area contributed by atoms with Gasteiger partial charge in [-0.05, 0) is 11.1 Å². The predicted molar refractivity (Wildman–Crippen MR) is 103 cm³/mol. The molecule has 0 aliphatic carbocycles. The first kappa shape index (κ1) is 25.1. The van der Waals surface area contributed by atoms with E-state index in [1.165, 1.54) is 58.2 Å². The minimum Gasteiger partial charge on any atom is -0.203 e. The summed E-state index contributed by atoms with van der Waals surface area (Å²) in [6.07, 6.45) is 5.29. The largest absolute Gasteiger partial charge is 0.203 e. The molecule has 2 nitrogen and oxygen atoms in total. The van der Waals surface area contributed by atoms with Gasteiger partial charge in [-0.1, -0.05) is 0 Å². The summed E-state index contributed by atoms with van der Waals surface area (Å²) in [6, 6.07) is 5.87. The first-order chi connectivity index (χ1) is 17.0. The zero-order valence-electron chi connectivity index (χ0n) is 17.7. The van der Waals surface area contributed by atoms with Gasteiger partial charge in [0.25, 0.3) is 0 Å². The van der Waals surface area contributed by atoms with Gasteiger partial charge in [0.05, 0.1) is 11.1 Å². The van der Waals surface area contributed by atoms with Crippen LogP contribution < -0.4 is 9.13 Å². The number of hydrogen-bond donors (Lipinski definition) is 0. The van der Waals surface area contributed by atoms with Gasteiger partial charge < -0.3 is 0 Å². The molecule has 4 rings (SSSR count). The number of nitrogens with zero attached hydrogens (tertiary/aromatic N) is 2. The highest BCUT2D eigenvalue weighted by molar-refractivity contribution is 5.61. The maximum absolute atomic E-state index is 13.9. The van der Waals surface area contributed by atoms with Crippen molar-refractivity contribution in [3.8, 4) is 11.1 Å². The van der Waals surface area contributed by atoms with Crippen molar-refractivity contribution in [3.63, 3.8) is 0 Å². The third kappa shape index (κ3) is 4.38. The van der Waals surface area contributed by atoms with Crippen molar-refractivity contribution in [1.29, 1.82) is 0 Å². The Morgan fingerprint density at radius 1 is 0.361 bits per heavy atom. The van der Waals surface area contributed by atoms with E-state index in [2.05, 4.69) is 0 Å². The number of pyridine rings is 2. The Bertz CT molecular complexity index is 1300. The lowest BCUT2D eigenvalue weighted by Gasteiger charge is -2.07. The summed E-state index contributed by atoms with van der Waals surface area (Å²) in [7, 11) is 0. The highest BCUT2D eigenvalue weighted by Crippen LogP contribution is 2.24. The standard InChI is InChI=1S/C24H12F10N2/c25-15-13(16(26)20(30)23(33)19(15)29)9-35-5-1-11(2-6-35)12-3-7-36(8-4-12)10-14-17(27)21(31)24(34)22(32)18(14)28/h1-8H,9-10H2/q+2. The molecule has 12 heteroatoms. The van der Waals surface area contributed by atoms with Gasteiger partial charge in [0, 0.05) is 24.3 Å². The normalized spacial score (nSPS) is 11.3. The number of halogens is 10. The molecule has 0 saturated carbocycles. The highest BCUT2D eigenvalue weighted by atomic mass is 19.2. The van der Waals surface area contributed by atoms with E-state index in [1.807, 2.05) is 0 Å². The Morgan fingerprint density at radius 3 is 0.833 bits per heavy atom. The van der Waals surface area contributed by atoms with Crippen LogP contribution in [0.15, 0.2) is 49.1 Å². The van der Waals surface area contributed by atoms with Crippen molar-refractivity contribution in [3.05, 3.63) is 118 Å². The summed E-state index contributed by atoms with van der Waals surface area (Å²) in [5, 5.41) is 0. The average molecular weight is 518 g/mol. The van der Waals surface area contributed by atoms with Gasteiger partial charge in [0.1, 0.15) is 0 Å². The Hall–Kier alpha value is -3.96. The summed E-state index contributed by atoms with van der Waals surface area (Å²) in [6.45, 7) is -1.30. The zero-order chi connectivity index (χ0) is 26.3.